The molecule has 0 saturated carbocycles. The third-order valence-electron chi connectivity index (χ3n) is 3.29. The first-order valence-corrected chi connectivity index (χ1v) is 7.99. The SMILES string of the molecule is C=CC/C(=C\S(=O)c1ccccc1)C1=CCCCC1. The maximum atomic E-state index is 12.3. The molecule has 0 aliphatic heterocycles. The van der Waals surface area contributed by atoms with Gasteiger partial charge in [0.25, 0.3) is 0 Å². The van der Waals surface area contributed by atoms with Crippen LogP contribution in [0, 0.1) is 0 Å². The summed E-state index contributed by atoms with van der Waals surface area (Å²) in [6.45, 7) is 3.81. The zero-order valence-corrected chi connectivity index (χ0v) is 12.0. The normalized spacial score (nSPS) is 17.7. The summed E-state index contributed by atoms with van der Waals surface area (Å²) in [7, 11) is -1.07. The predicted octanol–water partition coefficient (Wildman–Crippen LogP) is 4.75. The molecule has 1 nitrogen and oxygen atoms in total. The van der Waals surface area contributed by atoms with E-state index in [9.17, 15) is 4.21 Å². The van der Waals surface area contributed by atoms with Crippen molar-refractivity contribution in [2.24, 2.45) is 0 Å². The molecule has 0 N–H and O–H groups in total. The van der Waals surface area contributed by atoms with Crippen LogP contribution in [0.4, 0.5) is 0 Å². The zero-order chi connectivity index (χ0) is 13.5. The van der Waals surface area contributed by atoms with Gasteiger partial charge in [-0.1, -0.05) is 30.4 Å². The lowest BCUT2D eigenvalue weighted by molar-refractivity contribution is 0.687. The van der Waals surface area contributed by atoms with Crippen molar-refractivity contribution in [1.82, 2.24) is 0 Å². The summed E-state index contributed by atoms with van der Waals surface area (Å²) >= 11 is 0. The summed E-state index contributed by atoms with van der Waals surface area (Å²) in [5, 5.41) is 1.90. The minimum absolute atomic E-state index is 0.796. The fraction of sp³-hybridized carbons (Fsp3) is 0.294. The second-order valence-electron chi connectivity index (χ2n) is 4.72. The molecular formula is C17H20OS. The van der Waals surface area contributed by atoms with Gasteiger partial charge in [0.15, 0.2) is 0 Å². The first kappa shape index (κ1) is 14.0. The molecule has 2 heteroatoms. The Bertz CT molecular complexity index is 511. The summed E-state index contributed by atoms with van der Waals surface area (Å²) in [5.74, 6) is 0. The summed E-state index contributed by atoms with van der Waals surface area (Å²) in [6.07, 6.45) is 9.73. The Labute approximate surface area is 118 Å². The number of rotatable bonds is 5. The highest BCUT2D eigenvalue weighted by Gasteiger charge is 2.10. The predicted molar refractivity (Wildman–Crippen MR) is 82.3 cm³/mol. The molecule has 1 aliphatic carbocycles. The highest BCUT2D eigenvalue weighted by atomic mass is 32.2. The van der Waals surface area contributed by atoms with Gasteiger partial charge < -0.3 is 0 Å². The van der Waals surface area contributed by atoms with E-state index in [2.05, 4.69) is 12.7 Å². The molecule has 0 amide bonds. The molecule has 1 aliphatic rings. The van der Waals surface area contributed by atoms with Crippen LogP contribution in [0.25, 0.3) is 0 Å². The van der Waals surface area contributed by atoms with Crippen molar-refractivity contribution in [2.75, 3.05) is 0 Å². The molecule has 0 saturated heterocycles. The van der Waals surface area contributed by atoms with E-state index in [1.807, 2.05) is 41.8 Å². The van der Waals surface area contributed by atoms with E-state index in [0.717, 1.165) is 24.2 Å². The Kier molecular flexibility index (Phi) is 5.34. The molecule has 0 fully saturated rings. The second-order valence-corrected chi connectivity index (χ2v) is 6.02. The van der Waals surface area contributed by atoms with Gasteiger partial charge in [-0.15, -0.1) is 6.58 Å². The van der Waals surface area contributed by atoms with Gasteiger partial charge in [0.05, 0.1) is 10.8 Å². The largest absolute Gasteiger partial charge is 0.250 e. The van der Waals surface area contributed by atoms with Gasteiger partial charge in [-0.05, 0) is 55.4 Å². The van der Waals surface area contributed by atoms with Crippen LogP contribution in [0.2, 0.25) is 0 Å². The maximum Gasteiger partial charge on any atom is 0.0778 e. The number of benzene rings is 1. The third kappa shape index (κ3) is 4.03. The Morgan fingerprint density at radius 3 is 2.68 bits per heavy atom. The van der Waals surface area contributed by atoms with Gasteiger partial charge in [-0.25, -0.2) is 4.21 Å². The van der Waals surface area contributed by atoms with E-state index >= 15 is 0 Å². The molecule has 0 radical (unpaired) electrons. The van der Waals surface area contributed by atoms with Gasteiger partial charge in [-0.3, -0.25) is 0 Å². The molecule has 0 spiro atoms. The monoisotopic (exact) mass is 272 g/mol. The molecule has 100 valence electrons. The van der Waals surface area contributed by atoms with Gasteiger partial charge in [0.2, 0.25) is 0 Å². The van der Waals surface area contributed by atoms with E-state index in [1.54, 1.807) is 0 Å². The molecule has 19 heavy (non-hydrogen) atoms. The van der Waals surface area contributed by atoms with Gasteiger partial charge in [0.1, 0.15) is 0 Å². The van der Waals surface area contributed by atoms with Crippen LogP contribution in [0.1, 0.15) is 32.1 Å². The Hall–Kier alpha value is -1.41. The van der Waals surface area contributed by atoms with Crippen molar-refractivity contribution in [3.63, 3.8) is 0 Å². The van der Waals surface area contributed by atoms with Crippen LogP contribution in [0.5, 0.6) is 0 Å². The maximum absolute atomic E-state index is 12.3. The molecule has 1 aromatic carbocycles. The molecule has 0 bridgehead atoms. The lowest BCUT2D eigenvalue weighted by Gasteiger charge is -2.15. The molecule has 1 aromatic rings. The second kappa shape index (κ2) is 7.25. The summed E-state index contributed by atoms with van der Waals surface area (Å²) in [5.41, 5.74) is 2.53. The van der Waals surface area contributed by atoms with Crippen LogP contribution >= 0.6 is 0 Å². The minimum atomic E-state index is -1.07. The lowest BCUT2D eigenvalue weighted by atomic mass is 9.93. The van der Waals surface area contributed by atoms with Gasteiger partial charge >= 0.3 is 0 Å². The van der Waals surface area contributed by atoms with Gasteiger partial charge in [0, 0.05) is 10.3 Å². The van der Waals surface area contributed by atoms with Gasteiger partial charge in [-0.2, -0.15) is 0 Å². The van der Waals surface area contributed by atoms with Crippen LogP contribution in [-0.4, -0.2) is 4.21 Å². The first-order chi connectivity index (χ1) is 9.31. The lowest BCUT2D eigenvalue weighted by Crippen LogP contribution is -1.98. The average Bonchev–Trinajstić information content (AvgIpc) is 2.48. The first-order valence-electron chi connectivity index (χ1n) is 6.78. The van der Waals surface area contributed by atoms with Crippen molar-refractivity contribution in [3.05, 3.63) is 65.6 Å². The Morgan fingerprint density at radius 2 is 2.05 bits per heavy atom. The number of hydrogen-bond acceptors (Lipinski definition) is 1. The van der Waals surface area contributed by atoms with Crippen molar-refractivity contribution in [1.29, 1.82) is 0 Å². The molecule has 1 atom stereocenters. The highest BCUT2D eigenvalue weighted by Crippen LogP contribution is 2.27. The molecule has 2 rings (SSSR count). The average molecular weight is 272 g/mol. The van der Waals surface area contributed by atoms with Crippen LogP contribution in [0.15, 0.2) is 70.5 Å². The zero-order valence-electron chi connectivity index (χ0n) is 11.2. The minimum Gasteiger partial charge on any atom is -0.250 e. The Morgan fingerprint density at radius 1 is 1.26 bits per heavy atom. The molecular weight excluding hydrogens is 252 g/mol. The van der Waals surface area contributed by atoms with Crippen molar-refractivity contribution >= 4 is 10.8 Å². The third-order valence-corrected chi connectivity index (χ3v) is 4.53. The quantitative estimate of drug-likeness (QED) is 0.707. The van der Waals surface area contributed by atoms with Crippen molar-refractivity contribution < 1.29 is 4.21 Å². The molecule has 1 unspecified atom stereocenters. The van der Waals surface area contributed by atoms with Crippen molar-refractivity contribution in [2.45, 2.75) is 37.0 Å². The van der Waals surface area contributed by atoms with E-state index < -0.39 is 10.8 Å². The summed E-state index contributed by atoms with van der Waals surface area (Å²) < 4.78 is 12.3. The van der Waals surface area contributed by atoms with E-state index in [0.29, 0.717) is 0 Å². The number of hydrogen-bond donors (Lipinski definition) is 0. The van der Waals surface area contributed by atoms with Crippen LogP contribution < -0.4 is 0 Å². The Balaban J connectivity index is 2.23. The fourth-order valence-electron chi connectivity index (χ4n) is 2.29. The van der Waals surface area contributed by atoms with Crippen molar-refractivity contribution in [3.8, 4) is 0 Å². The number of allylic oxidation sites excluding steroid dienone is 4. The smallest absolute Gasteiger partial charge is 0.0778 e. The van der Waals surface area contributed by atoms with E-state index in [1.165, 1.54) is 24.0 Å². The standard InChI is InChI=1S/C17H20OS/c1-2-9-16(15-10-5-3-6-11-15)14-19(18)17-12-7-4-8-13-17/h2,4,7-8,10,12-14H,1,3,5-6,9,11H2/b16-14+. The fourth-order valence-corrected chi connectivity index (χ4v) is 3.36. The van der Waals surface area contributed by atoms with Crippen LogP contribution in [0.3, 0.4) is 0 Å². The van der Waals surface area contributed by atoms with Crippen LogP contribution in [-0.2, 0) is 10.8 Å². The molecule has 0 aromatic heterocycles. The summed E-state index contributed by atoms with van der Waals surface area (Å²) in [6, 6.07) is 9.61. The topological polar surface area (TPSA) is 17.1 Å². The highest BCUT2D eigenvalue weighted by molar-refractivity contribution is 7.88. The summed E-state index contributed by atoms with van der Waals surface area (Å²) in [4.78, 5) is 0.862. The molecule has 0 heterocycles. The van der Waals surface area contributed by atoms with E-state index in [-0.39, 0.29) is 0 Å². The van der Waals surface area contributed by atoms with E-state index in [4.69, 9.17) is 0 Å².